The lowest BCUT2D eigenvalue weighted by atomic mass is 9.42. The van der Waals surface area contributed by atoms with E-state index in [4.69, 9.17) is 4.74 Å². The molecule has 0 bridgehead atoms. The second-order valence-corrected chi connectivity index (χ2v) is 12.4. The van der Waals surface area contributed by atoms with Crippen LogP contribution >= 0.6 is 0 Å². The number of ether oxygens (including phenoxy) is 1. The number of hydrogen-bond donors (Lipinski definition) is 2. The number of rotatable bonds is 4. The fourth-order valence-electron chi connectivity index (χ4n) is 9.05. The van der Waals surface area contributed by atoms with Gasteiger partial charge in [0.25, 0.3) is 0 Å². The van der Waals surface area contributed by atoms with Crippen molar-refractivity contribution in [1.82, 2.24) is 0 Å². The van der Waals surface area contributed by atoms with Gasteiger partial charge in [-0.3, -0.25) is 9.59 Å². The number of allylic oxidation sites excluding steroid dienone is 1. The molecular weight excluding hydrogens is 475 g/mol. The molecule has 3 saturated carbocycles. The van der Waals surface area contributed by atoms with Crippen molar-refractivity contribution in [3.05, 3.63) is 47.5 Å². The molecule has 200 valence electrons. The molecule has 5 rings (SSSR count). The van der Waals surface area contributed by atoms with Crippen LogP contribution in [0.5, 0.6) is 0 Å². The number of hydrogen-bond acceptors (Lipinski definition) is 6. The molecule has 0 aliphatic heterocycles. The Morgan fingerprint density at radius 1 is 1.11 bits per heavy atom. The van der Waals surface area contributed by atoms with Crippen LogP contribution in [-0.4, -0.2) is 51.7 Å². The van der Waals surface area contributed by atoms with Crippen LogP contribution in [0, 0.1) is 34.5 Å². The van der Waals surface area contributed by atoms with E-state index in [1.54, 1.807) is 36.4 Å². The molecule has 0 unspecified atom stereocenters. The number of esters is 1. The number of carbonyl (C=O) groups is 3. The van der Waals surface area contributed by atoms with E-state index in [0.29, 0.717) is 19.3 Å². The van der Waals surface area contributed by atoms with Crippen LogP contribution in [0.15, 0.2) is 42.0 Å². The first-order valence-corrected chi connectivity index (χ1v) is 13.4. The Hall–Kier alpha value is -2.38. The van der Waals surface area contributed by atoms with Crippen molar-refractivity contribution in [2.45, 2.75) is 77.2 Å². The summed E-state index contributed by atoms with van der Waals surface area (Å²) in [4.78, 5) is 39.1. The van der Waals surface area contributed by atoms with E-state index in [1.807, 2.05) is 27.7 Å². The second kappa shape index (κ2) is 8.57. The van der Waals surface area contributed by atoms with Gasteiger partial charge in [0.2, 0.25) is 5.78 Å². The highest BCUT2D eigenvalue weighted by Crippen LogP contribution is 2.72. The molecule has 1 aromatic rings. The number of Topliss-reactive ketones (excluding diaryl/α,β-unsaturated/α-hetero) is 1. The highest BCUT2D eigenvalue weighted by molar-refractivity contribution is 5.96. The quantitative estimate of drug-likeness (QED) is 0.586. The summed E-state index contributed by atoms with van der Waals surface area (Å²) in [6.07, 6.45) is 1.48. The van der Waals surface area contributed by atoms with Crippen LogP contribution in [0.2, 0.25) is 0 Å². The minimum Gasteiger partial charge on any atom is -0.446 e. The molecule has 0 aromatic heterocycles. The molecule has 0 amide bonds. The average molecular weight is 513 g/mol. The molecule has 0 spiro atoms. The zero-order valence-electron chi connectivity index (χ0n) is 22.0. The number of halogens is 1. The van der Waals surface area contributed by atoms with Gasteiger partial charge in [-0.25, -0.2) is 9.18 Å². The van der Waals surface area contributed by atoms with E-state index in [-0.39, 0.29) is 36.0 Å². The first kappa shape index (κ1) is 26.2. The summed E-state index contributed by atoms with van der Waals surface area (Å²) in [5.74, 6) is -2.83. The van der Waals surface area contributed by atoms with Crippen molar-refractivity contribution in [1.29, 1.82) is 0 Å². The van der Waals surface area contributed by atoms with Gasteiger partial charge in [0.15, 0.2) is 11.4 Å². The van der Waals surface area contributed by atoms with Gasteiger partial charge in [0.05, 0.1) is 11.7 Å². The smallest absolute Gasteiger partial charge is 0.339 e. The lowest BCUT2D eigenvalue weighted by Gasteiger charge is -2.64. The number of alkyl halides is 1. The molecule has 0 radical (unpaired) electrons. The number of benzene rings is 1. The Balaban J connectivity index is 1.62. The lowest BCUT2D eigenvalue weighted by Crippen LogP contribution is -2.71. The second-order valence-electron chi connectivity index (χ2n) is 12.4. The van der Waals surface area contributed by atoms with Gasteiger partial charge in [0, 0.05) is 29.1 Å². The monoisotopic (exact) mass is 512 g/mol. The van der Waals surface area contributed by atoms with Crippen molar-refractivity contribution in [2.24, 2.45) is 34.5 Å². The Morgan fingerprint density at radius 2 is 1.78 bits per heavy atom. The summed E-state index contributed by atoms with van der Waals surface area (Å²) in [6.45, 7) is 6.65. The van der Waals surface area contributed by atoms with Crippen molar-refractivity contribution < 1.29 is 33.7 Å². The summed E-state index contributed by atoms with van der Waals surface area (Å²) in [7, 11) is 0. The third-order valence-corrected chi connectivity index (χ3v) is 10.7. The molecule has 4 aliphatic carbocycles. The van der Waals surface area contributed by atoms with Gasteiger partial charge in [0.1, 0.15) is 12.3 Å². The maximum Gasteiger partial charge on any atom is 0.339 e. The van der Waals surface area contributed by atoms with E-state index in [1.165, 1.54) is 0 Å². The van der Waals surface area contributed by atoms with Crippen LogP contribution in [0.25, 0.3) is 0 Å². The predicted molar refractivity (Wildman–Crippen MR) is 134 cm³/mol. The first-order chi connectivity index (χ1) is 17.4. The van der Waals surface area contributed by atoms with E-state index in [9.17, 15) is 24.6 Å². The summed E-state index contributed by atoms with van der Waals surface area (Å²) in [5, 5.41) is 21.7. The fourth-order valence-corrected chi connectivity index (χ4v) is 9.05. The van der Waals surface area contributed by atoms with Crippen molar-refractivity contribution in [3.8, 4) is 0 Å². The molecule has 2 N–H and O–H groups in total. The Morgan fingerprint density at radius 3 is 2.43 bits per heavy atom. The average Bonchev–Trinajstić information content (AvgIpc) is 3.09. The minimum absolute atomic E-state index is 0.00798. The third-order valence-electron chi connectivity index (χ3n) is 10.7. The van der Waals surface area contributed by atoms with Gasteiger partial charge in [-0.05, 0) is 55.7 Å². The van der Waals surface area contributed by atoms with Gasteiger partial charge in [-0.2, -0.15) is 0 Å². The van der Waals surface area contributed by atoms with Crippen LogP contribution < -0.4 is 0 Å². The highest BCUT2D eigenvalue weighted by atomic mass is 19.1. The van der Waals surface area contributed by atoms with E-state index in [0.717, 1.165) is 5.57 Å². The normalized spacial score (nSPS) is 44.8. The Kier molecular flexibility index (Phi) is 6.07. The number of fused-ring (bicyclic) bond motifs is 5. The Labute approximate surface area is 217 Å². The predicted octanol–water partition coefficient (Wildman–Crippen LogP) is 4.23. The SMILES string of the molecule is C[C@@H]1C[C@H]2[C@@H]3C[C@H](C)C4=CC(=O)CC[C@]4(C)[C@@]3(F)[C@@H](O)C[C@]2(C)[C@@]1(OC(=O)c1ccccc1)C(=O)CO. The highest BCUT2D eigenvalue weighted by Gasteiger charge is 2.77. The molecule has 7 heteroatoms. The maximum absolute atomic E-state index is 17.6. The van der Waals surface area contributed by atoms with E-state index in [2.05, 4.69) is 0 Å². The molecule has 9 atom stereocenters. The molecule has 0 saturated heterocycles. The zero-order valence-corrected chi connectivity index (χ0v) is 22.0. The molecule has 3 fully saturated rings. The molecular formula is C30H37FO6. The van der Waals surface area contributed by atoms with Crippen LogP contribution in [0.4, 0.5) is 4.39 Å². The third kappa shape index (κ3) is 3.26. The fraction of sp³-hybridized carbons (Fsp3) is 0.633. The van der Waals surface area contributed by atoms with Crippen molar-refractivity contribution in [3.63, 3.8) is 0 Å². The summed E-state index contributed by atoms with van der Waals surface area (Å²) < 4.78 is 23.7. The molecule has 37 heavy (non-hydrogen) atoms. The topological polar surface area (TPSA) is 101 Å². The zero-order chi connectivity index (χ0) is 27.0. The van der Waals surface area contributed by atoms with Crippen molar-refractivity contribution >= 4 is 17.5 Å². The van der Waals surface area contributed by atoms with E-state index >= 15 is 4.39 Å². The molecule has 0 heterocycles. The standard InChI is InChI=1S/C30H37FO6/c1-17-12-23-22-13-18(2)30(25(35)16-32,37-26(36)19-8-6-5-7-9-19)28(22,4)15-24(34)29(23,31)27(3)11-10-20(33)14-21(17)27/h5-9,14,17-18,22-24,32,34H,10-13,15-16H2,1-4H3/t17-,18+,22-,23-,24-,27-,28-,29-,30-/m0/s1. The largest absolute Gasteiger partial charge is 0.446 e. The van der Waals surface area contributed by atoms with Gasteiger partial charge < -0.3 is 14.9 Å². The van der Waals surface area contributed by atoms with Crippen molar-refractivity contribution in [2.75, 3.05) is 6.61 Å². The minimum atomic E-state index is -1.99. The Bertz CT molecular complexity index is 1160. The van der Waals surface area contributed by atoms with Crippen LogP contribution in [0.1, 0.15) is 70.2 Å². The summed E-state index contributed by atoms with van der Waals surface area (Å²) >= 11 is 0. The number of aliphatic hydroxyl groups is 2. The lowest BCUT2D eigenvalue weighted by molar-refractivity contribution is -0.232. The van der Waals surface area contributed by atoms with Crippen LogP contribution in [-0.2, 0) is 14.3 Å². The molecule has 4 aliphatic rings. The number of carbonyl (C=O) groups excluding carboxylic acids is 3. The molecule has 1 aromatic carbocycles. The summed E-state index contributed by atoms with van der Waals surface area (Å²) in [5.41, 5.74) is -4.73. The van der Waals surface area contributed by atoms with Gasteiger partial charge in [-0.1, -0.05) is 51.5 Å². The first-order valence-electron chi connectivity index (χ1n) is 13.4. The molecule has 6 nitrogen and oxygen atoms in total. The van der Waals surface area contributed by atoms with Crippen LogP contribution in [0.3, 0.4) is 0 Å². The number of ketones is 2. The van der Waals surface area contributed by atoms with E-state index < -0.39 is 58.4 Å². The number of aliphatic hydroxyl groups excluding tert-OH is 2. The van der Waals surface area contributed by atoms with Gasteiger partial charge >= 0.3 is 5.97 Å². The summed E-state index contributed by atoms with van der Waals surface area (Å²) in [6, 6.07) is 8.37. The van der Waals surface area contributed by atoms with Gasteiger partial charge in [-0.15, -0.1) is 0 Å². The maximum atomic E-state index is 17.6.